The highest BCUT2D eigenvalue weighted by atomic mass is 32.2. The Kier molecular flexibility index (Phi) is 3.44. The van der Waals surface area contributed by atoms with E-state index in [1.807, 2.05) is 0 Å². The maximum atomic E-state index is 10.9. The van der Waals surface area contributed by atoms with Gasteiger partial charge in [0.1, 0.15) is 0 Å². The van der Waals surface area contributed by atoms with Gasteiger partial charge in [0.25, 0.3) is 20.2 Å². The highest BCUT2D eigenvalue weighted by Crippen LogP contribution is 2.31. The fraction of sp³-hybridized carbons (Fsp3) is 1.00. The molecule has 2 atom stereocenters. The Morgan fingerprint density at radius 3 is 1.47 bits per heavy atom. The smallest absolute Gasteiger partial charge is 0.267 e. The van der Waals surface area contributed by atoms with Crippen molar-refractivity contribution in [3.8, 4) is 0 Å². The lowest BCUT2D eigenvalue weighted by Gasteiger charge is -2.29. The Bertz CT molecular complexity index is 382. The largest absolute Gasteiger partial charge is 0.285 e. The van der Waals surface area contributed by atoms with Gasteiger partial charge < -0.3 is 0 Å². The first-order chi connectivity index (χ1) is 6.60. The monoisotopic (exact) mass is 258 g/mol. The highest BCUT2D eigenvalue weighted by Gasteiger charge is 2.38. The Labute approximate surface area is 89.2 Å². The standard InChI is InChI=1S/C7H14O6S2/c1-5-2-6(14(8,9)10)4-7(3-5)15(11,12)13/h5-7H,2-4H2,1H3,(H,8,9,10)(H,11,12,13). The van der Waals surface area contributed by atoms with Crippen LogP contribution in [0.25, 0.3) is 0 Å². The fourth-order valence-electron chi connectivity index (χ4n) is 1.97. The molecule has 2 N–H and O–H groups in total. The Morgan fingerprint density at radius 1 is 0.867 bits per heavy atom. The van der Waals surface area contributed by atoms with Crippen LogP contribution in [0, 0.1) is 5.92 Å². The second-order valence-electron chi connectivity index (χ2n) is 4.09. The van der Waals surface area contributed by atoms with Crippen molar-refractivity contribution in [3.05, 3.63) is 0 Å². The molecule has 1 rings (SSSR count). The minimum absolute atomic E-state index is 0.155. The summed E-state index contributed by atoms with van der Waals surface area (Å²) in [6.07, 6.45) is 0.220. The first-order valence-electron chi connectivity index (χ1n) is 4.53. The van der Waals surface area contributed by atoms with Gasteiger partial charge in [-0.15, -0.1) is 0 Å². The molecule has 0 radical (unpaired) electrons. The third kappa shape index (κ3) is 3.40. The van der Waals surface area contributed by atoms with Crippen LogP contribution in [0.2, 0.25) is 0 Å². The predicted octanol–water partition coefficient (Wildman–Crippen LogP) is 0.319. The molecule has 2 unspecified atom stereocenters. The molecule has 0 spiro atoms. The van der Waals surface area contributed by atoms with Crippen molar-refractivity contribution >= 4 is 20.2 Å². The molecule has 1 aliphatic carbocycles. The molecule has 0 aromatic carbocycles. The molecule has 0 heterocycles. The van der Waals surface area contributed by atoms with Crippen molar-refractivity contribution in [3.63, 3.8) is 0 Å². The molecule has 0 aromatic rings. The zero-order valence-corrected chi connectivity index (χ0v) is 9.83. The summed E-state index contributed by atoms with van der Waals surface area (Å²) in [5.74, 6) is -0.155. The summed E-state index contributed by atoms with van der Waals surface area (Å²) >= 11 is 0. The zero-order valence-electron chi connectivity index (χ0n) is 8.20. The van der Waals surface area contributed by atoms with E-state index in [0.717, 1.165) is 0 Å². The molecule has 15 heavy (non-hydrogen) atoms. The summed E-state index contributed by atoms with van der Waals surface area (Å²) in [4.78, 5) is 0. The quantitative estimate of drug-likeness (QED) is 0.690. The zero-order chi connectivity index (χ0) is 11.9. The Morgan fingerprint density at radius 2 is 1.20 bits per heavy atom. The van der Waals surface area contributed by atoms with Gasteiger partial charge in [0.05, 0.1) is 10.5 Å². The molecule has 90 valence electrons. The SMILES string of the molecule is CC1CC(S(=O)(=O)O)CC(S(=O)(=O)O)C1. The normalized spacial score (nSPS) is 33.9. The number of hydrogen-bond acceptors (Lipinski definition) is 4. The Balaban J connectivity index is 2.92. The van der Waals surface area contributed by atoms with Crippen molar-refractivity contribution < 1.29 is 25.9 Å². The highest BCUT2D eigenvalue weighted by molar-refractivity contribution is 7.87. The van der Waals surface area contributed by atoms with Crippen LogP contribution < -0.4 is 0 Å². The predicted molar refractivity (Wildman–Crippen MR) is 53.7 cm³/mol. The van der Waals surface area contributed by atoms with Gasteiger partial charge in [-0.2, -0.15) is 16.8 Å². The summed E-state index contributed by atoms with van der Waals surface area (Å²) in [6, 6.07) is 0. The van der Waals surface area contributed by atoms with Crippen LogP contribution in [-0.2, 0) is 20.2 Å². The first-order valence-corrected chi connectivity index (χ1v) is 7.54. The van der Waals surface area contributed by atoms with E-state index in [9.17, 15) is 16.8 Å². The van der Waals surface area contributed by atoms with E-state index < -0.39 is 30.7 Å². The molecule has 0 aliphatic heterocycles. The van der Waals surface area contributed by atoms with E-state index in [2.05, 4.69) is 0 Å². The average Bonchev–Trinajstić information content (AvgIpc) is 1.99. The number of rotatable bonds is 2. The molecular weight excluding hydrogens is 244 g/mol. The van der Waals surface area contributed by atoms with Gasteiger partial charge in [-0.05, 0) is 25.2 Å². The summed E-state index contributed by atoms with van der Waals surface area (Å²) in [5.41, 5.74) is 0. The van der Waals surface area contributed by atoms with Crippen molar-refractivity contribution in [1.82, 2.24) is 0 Å². The molecule has 6 nitrogen and oxygen atoms in total. The van der Waals surface area contributed by atoms with Gasteiger partial charge in [-0.3, -0.25) is 9.11 Å². The maximum absolute atomic E-state index is 10.9. The second-order valence-corrected chi connectivity index (χ2v) is 7.48. The van der Waals surface area contributed by atoms with Crippen molar-refractivity contribution in [1.29, 1.82) is 0 Å². The molecular formula is C7H14O6S2. The lowest BCUT2D eigenvalue weighted by molar-refractivity contribution is 0.346. The van der Waals surface area contributed by atoms with Gasteiger partial charge in [-0.1, -0.05) is 6.92 Å². The molecule has 1 fully saturated rings. The second kappa shape index (κ2) is 4.00. The molecule has 1 aliphatic rings. The van der Waals surface area contributed by atoms with E-state index in [1.165, 1.54) is 0 Å². The molecule has 0 aromatic heterocycles. The fourth-order valence-corrected chi connectivity index (χ4v) is 4.18. The molecule has 0 amide bonds. The average molecular weight is 258 g/mol. The Hall–Kier alpha value is -0.180. The molecule has 0 bridgehead atoms. The van der Waals surface area contributed by atoms with Gasteiger partial charge in [-0.25, -0.2) is 0 Å². The third-order valence-electron chi connectivity index (χ3n) is 2.70. The topological polar surface area (TPSA) is 109 Å². The molecule has 8 heteroatoms. The minimum atomic E-state index is -4.23. The summed E-state index contributed by atoms with van der Waals surface area (Å²) in [6.45, 7) is 1.69. The van der Waals surface area contributed by atoms with Gasteiger partial charge in [0.2, 0.25) is 0 Å². The van der Waals surface area contributed by atoms with Crippen LogP contribution in [0.3, 0.4) is 0 Å². The van der Waals surface area contributed by atoms with E-state index in [1.54, 1.807) is 6.92 Å². The molecule has 0 saturated heterocycles. The van der Waals surface area contributed by atoms with Crippen LogP contribution in [0.4, 0.5) is 0 Å². The number of hydrogen-bond donors (Lipinski definition) is 2. The van der Waals surface area contributed by atoms with E-state index in [4.69, 9.17) is 9.11 Å². The van der Waals surface area contributed by atoms with Crippen LogP contribution in [0.15, 0.2) is 0 Å². The van der Waals surface area contributed by atoms with E-state index in [0.29, 0.717) is 0 Å². The third-order valence-corrected chi connectivity index (χ3v) is 5.15. The van der Waals surface area contributed by atoms with Gasteiger partial charge in [0, 0.05) is 0 Å². The maximum Gasteiger partial charge on any atom is 0.267 e. The van der Waals surface area contributed by atoms with Crippen LogP contribution >= 0.6 is 0 Å². The van der Waals surface area contributed by atoms with Crippen LogP contribution in [0.5, 0.6) is 0 Å². The van der Waals surface area contributed by atoms with E-state index in [-0.39, 0.29) is 25.2 Å². The van der Waals surface area contributed by atoms with E-state index >= 15 is 0 Å². The van der Waals surface area contributed by atoms with Crippen molar-refractivity contribution in [2.75, 3.05) is 0 Å². The van der Waals surface area contributed by atoms with Crippen LogP contribution in [-0.4, -0.2) is 36.4 Å². The molecule has 1 saturated carbocycles. The summed E-state index contributed by atoms with van der Waals surface area (Å²) in [7, 11) is -8.46. The van der Waals surface area contributed by atoms with Crippen molar-refractivity contribution in [2.24, 2.45) is 5.92 Å². The van der Waals surface area contributed by atoms with Gasteiger partial charge in [0.15, 0.2) is 0 Å². The lowest BCUT2D eigenvalue weighted by atomic mass is 9.90. The van der Waals surface area contributed by atoms with Crippen LogP contribution in [0.1, 0.15) is 26.2 Å². The summed E-state index contributed by atoms with van der Waals surface area (Å²) in [5, 5.41) is -2.18. The lowest BCUT2D eigenvalue weighted by Crippen LogP contribution is -2.37. The minimum Gasteiger partial charge on any atom is -0.285 e. The first kappa shape index (κ1) is 12.9. The van der Waals surface area contributed by atoms with Gasteiger partial charge >= 0.3 is 0 Å². The summed E-state index contributed by atoms with van der Waals surface area (Å²) < 4.78 is 61.2. The van der Waals surface area contributed by atoms with Crippen molar-refractivity contribution in [2.45, 2.75) is 36.7 Å².